The van der Waals surface area contributed by atoms with Crippen molar-refractivity contribution in [1.29, 1.82) is 0 Å². The number of hydrogen-bond donors (Lipinski definition) is 0. The zero-order valence-corrected chi connectivity index (χ0v) is 14.5. The summed E-state index contributed by atoms with van der Waals surface area (Å²) < 4.78 is 5.55. The summed E-state index contributed by atoms with van der Waals surface area (Å²) in [5, 5.41) is 1.15. The minimum atomic E-state index is 0.0455. The predicted octanol–water partition coefficient (Wildman–Crippen LogP) is 4.25. The number of rotatable bonds is 1. The van der Waals surface area contributed by atoms with Gasteiger partial charge in [-0.2, -0.15) is 0 Å². The van der Waals surface area contributed by atoms with Crippen molar-refractivity contribution in [3.8, 4) is 0 Å². The summed E-state index contributed by atoms with van der Waals surface area (Å²) in [6, 6.07) is 3.90. The normalized spacial score (nSPS) is 28.4. The third kappa shape index (κ3) is 2.99. The lowest BCUT2D eigenvalue weighted by Crippen LogP contribution is -2.44. The number of hydrogen-bond acceptors (Lipinski definition) is 2. The lowest BCUT2D eigenvalue weighted by atomic mass is 9.89. The summed E-state index contributed by atoms with van der Waals surface area (Å²) in [6.45, 7) is 5.54. The molecule has 3 atom stereocenters. The molecule has 0 N–H and O–H groups in total. The monoisotopic (exact) mass is 341 g/mol. The van der Waals surface area contributed by atoms with Gasteiger partial charge in [0.1, 0.15) is 0 Å². The van der Waals surface area contributed by atoms with E-state index in [2.05, 4.69) is 6.92 Å². The Labute approximate surface area is 141 Å². The summed E-state index contributed by atoms with van der Waals surface area (Å²) in [5.74, 6) is 0.329. The second kappa shape index (κ2) is 6.38. The molecule has 0 bridgehead atoms. The van der Waals surface area contributed by atoms with Gasteiger partial charge < -0.3 is 9.64 Å². The van der Waals surface area contributed by atoms with Crippen molar-refractivity contribution in [3.05, 3.63) is 33.3 Å². The molecule has 120 valence electrons. The number of ether oxygens (including phenoxy) is 1. The molecule has 1 aromatic rings. The summed E-state index contributed by atoms with van der Waals surface area (Å²) >= 11 is 12.3. The van der Waals surface area contributed by atoms with Crippen LogP contribution in [0.15, 0.2) is 12.1 Å². The average Bonchev–Trinajstić information content (AvgIpc) is 2.49. The lowest BCUT2D eigenvalue weighted by Gasteiger charge is -2.39. The molecule has 1 saturated heterocycles. The van der Waals surface area contributed by atoms with Gasteiger partial charge in [0.05, 0.1) is 22.2 Å². The molecular formula is C17H21Cl2NO2. The first kappa shape index (κ1) is 16.1. The van der Waals surface area contributed by atoms with Crippen molar-refractivity contribution in [1.82, 2.24) is 4.90 Å². The number of fused-ring (bicyclic) bond motifs is 1. The van der Waals surface area contributed by atoms with Crippen LogP contribution in [0, 0.1) is 5.92 Å². The molecule has 0 aliphatic carbocycles. The van der Waals surface area contributed by atoms with Gasteiger partial charge in [-0.1, -0.05) is 23.2 Å². The van der Waals surface area contributed by atoms with Gasteiger partial charge >= 0.3 is 0 Å². The SMILES string of the molecule is C[C@@H]1C[C@H](C(=O)N2CCc3cc(Cl)c(Cl)cc3[C@@H]2C)CCO1. The van der Waals surface area contributed by atoms with Crippen LogP contribution >= 0.6 is 23.2 Å². The van der Waals surface area contributed by atoms with Gasteiger partial charge in [0.2, 0.25) is 5.91 Å². The molecule has 0 radical (unpaired) electrons. The zero-order chi connectivity index (χ0) is 15.9. The van der Waals surface area contributed by atoms with Crippen LogP contribution in [0.4, 0.5) is 0 Å². The fourth-order valence-corrected chi connectivity index (χ4v) is 3.93. The number of amides is 1. The fraction of sp³-hybridized carbons (Fsp3) is 0.588. The van der Waals surface area contributed by atoms with Gasteiger partial charge in [-0.05, 0) is 56.4 Å². The largest absolute Gasteiger partial charge is 0.378 e. The maximum Gasteiger partial charge on any atom is 0.226 e. The fourth-order valence-electron chi connectivity index (χ4n) is 3.57. The Morgan fingerprint density at radius 2 is 2.00 bits per heavy atom. The van der Waals surface area contributed by atoms with Gasteiger partial charge in [-0.25, -0.2) is 0 Å². The molecule has 3 nitrogen and oxygen atoms in total. The molecule has 1 amide bonds. The molecule has 22 heavy (non-hydrogen) atoms. The van der Waals surface area contributed by atoms with Crippen LogP contribution < -0.4 is 0 Å². The summed E-state index contributed by atoms with van der Waals surface area (Å²) in [6.07, 6.45) is 2.64. The van der Waals surface area contributed by atoms with Crippen molar-refractivity contribution in [2.75, 3.05) is 13.2 Å². The van der Waals surface area contributed by atoms with Crippen LogP contribution in [-0.2, 0) is 16.0 Å². The van der Waals surface area contributed by atoms with Crippen LogP contribution in [0.1, 0.15) is 43.9 Å². The van der Waals surface area contributed by atoms with Crippen molar-refractivity contribution >= 4 is 29.1 Å². The van der Waals surface area contributed by atoms with Crippen LogP contribution in [0.5, 0.6) is 0 Å². The third-order valence-corrected chi connectivity index (χ3v) is 5.56. The third-order valence-electron chi connectivity index (χ3n) is 4.84. The molecule has 2 aliphatic rings. The summed E-state index contributed by atoms with van der Waals surface area (Å²) in [4.78, 5) is 14.9. The highest BCUT2D eigenvalue weighted by molar-refractivity contribution is 6.42. The highest BCUT2D eigenvalue weighted by atomic mass is 35.5. The van der Waals surface area contributed by atoms with Gasteiger partial charge in [-0.15, -0.1) is 0 Å². The molecule has 2 heterocycles. The lowest BCUT2D eigenvalue weighted by molar-refractivity contribution is -0.143. The zero-order valence-electron chi connectivity index (χ0n) is 12.9. The molecule has 5 heteroatoms. The second-order valence-electron chi connectivity index (χ2n) is 6.33. The van der Waals surface area contributed by atoms with Crippen molar-refractivity contribution < 1.29 is 9.53 Å². The van der Waals surface area contributed by atoms with Crippen LogP contribution in [0.3, 0.4) is 0 Å². The van der Waals surface area contributed by atoms with Crippen LogP contribution in [-0.4, -0.2) is 30.1 Å². The summed E-state index contributed by atoms with van der Waals surface area (Å²) in [7, 11) is 0. The van der Waals surface area contributed by atoms with E-state index in [0.29, 0.717) is 16.7 Å². The van der Waals surface area contributed by atoms with E-state index in [0.717, 1.165) is 31.4 Å². The van der Waals surface area contributed by atoms with E-state index < -0.39 is 0 Å². The highest BCUT2D eigenvalue weighted by Gasteiger charge is 2.34. The van der Waals surface area contributed by atoms with Crippen molar-refractivity contribution in [3.63, 3.8) is 0 Å². The van der Waals surface area contributed by atoms with Gasteiger partial charge in [-0.3, -0.25) is 4.79 Å². The Balaban J connectivity index is 1.81. The molecule has 3 rings (SSSR count). The van der Waals surface area contributed by atoms with E-state index in [4.69, 9.17) is 27.9 Å². The number of carbonyl (C=O) groups excluding carboxylic acids is 1. The Morgan fingerprint density at radius 1 is 1.27 bits per heavy atom. The number of benzene rings is 1. The van der Waals surface area contributed by atoms with Gasteiger partial charge in [0, 0.05) is 19.1 Å². The minimum Gasteiger partial charge on any atom is -0.378 e. The molecular weight excluding hydrogens is 321 g/mol. The van der Waals surface area contributed by atoms with E-state index in [1.54, 1.807) is 0 Å². The number of nitrogens with zero attached hydrogens (tertiary/aromatic N) is 1. The molecule has 0 aromatic heterocycles. The molecule has 1 fully saturated rings. The maximum absolute atomic E-state index is 12.9. The highest BCUT2D eigenvalue weighted by Crippen LogP contribution is 2.36. The Hall–Kier alpha value is -0.770. The molecule has 0 unspecified atom stereocenters. The topological polar surface area (TPSA) is 29.5 Å². The van der Waals surface area contributed by atoms with Crippen molar-refractivity contribution in [2.24, 2.45) is 5.92 Å². The van der Waals surface area contributed by atoms with Gasteiger partial charge in [0.25, 0.3) is 0 Å². The van der Waals surface area contributed by atoms with Gasteiger partial charge in [0.15, 0.2) is 0 Å². The molecule has 0 spiro atoms. The Morgan fingerprint density at radius 3 is 2.73 bits per heavy atom. The van der Waals surface area contributed by atoms with E-state index in [-0.39, 0.29) is 24.0 Å². The second-order valence-corrected chi connectivity index (χ2v) is 7.14. The smallest absolute Gasteiger partial charge is 0.226 e. The van der Waals surface area contributed by atoms with E-state index in [1.807, 2.05) is 24.0 Å². The maximum atomic E-state index is 12.9. The number of carbonyl (C=O) groups is 1. The molecule has 1 aromatic carbocycles. The quantitative estimate of drug-likeness (QED) is 0.763. The van der Waals surface area contributed by atoms with Crippen LogP contribution in [0.2, 0.25) is 10.0 Å². The van der Waals surface area contributed by atoms with E-state index >= 15 is 0 Å². The first-order valence-electron chi connectivity index (χ1n) is 7.87. The van der Waals surface area contributed by atoms with E-state index in [1.165, 1.54) is 5.56 Å². The van der Waals surface area contributed by atoms with E-state index in [9.17, 15) is 4.79 Å². The summed E-state index contributed by atoms with van der Waals surface area (Å²) in [5.41, 5.74) is 2.32. The van der Waals surface area contributed by atoms with Crippen LogP contribution in [0.25, 0.3) is 0 Å². The van der Waals surface area contributed by atoms with Crippen molar-refractivity contribution in [2.45, 2.75) is 45.3 Å². The molecule has 0 saturated carbocycles. The average molecular weight is 342 g/mol. The Bertz CT molecular complexity index is 590. The predicted molar refractivity (Wildman–Crippen MR) is 88.4 cm³/mol. The first-order valence-corrected chi connectivity index (χ1v) is 8.63. The number of halogens is 2. The standard InChI is InChI=1S/C17H21Cl2NO2/c1-10-7-13(4-6-22-10)17(21)20-5-3-12-8-15(18)16(19)9-14(12)11(20)2/h8-11,13H,3-7H2,1-2H3/t10-,11+,13-/m1/s1. The molecule has 2 aliphatic heterocycles. The Kier molecular flexibility index (Phi) is 4.67. The first-order chi connectivity index (χ1) is 10.5. The minimum absolute atomic E-state index is 0.0455.